The van der Waals surface area contributed by atoms with Crippen LogP contribution in [0.15, 0.2) is 48.5 Å². The molecule has 1 heterocycles. The number of hydrogen-bond donors (Lipinski definition) is 2. The zero-order valence-electron chi connectivity index (χ0n) is 16.9. The number of ether oxygens (including phenoxy) is 2. The molecule has 1 fully saturated rings. The molecule has 0 bridgehead atoms. The molecule has 0 unspecified atom stereocenters. The average Bonchev–Trinajstić information content (AvgIpc) is 2.78. The summed E-state index contributed by atoms with van der Waals surface area (Å²) in [4.78, 5) is 26.1. The summed E-state index contributed by atoms with van der Waals surface area (Å²) >= 11 is 0. The van der Waals surface area contributed by atoms with Crippen molar-refractivity contribution in [2.45, 2.75) is 12.8 Å². The first-order valence-electron chi connectivity index (χ1n) is 9.88. The summed E-state index contributed by atoms with van der Waals surface area (Å²) in [5, 5.41) is 5.66. The molecule has 1 aliphatic rings. The number of urea groups is 1. The van der Waals surface area contributed by atoms with E-state index in [-0.39, 0.29) is 24.4 Å². The van der Waals surface area contributed by atoms with Gasteiger partial charge in [0.2, 0.25) is 0 Å². The van der Waals surface area contributed by atoms with Crippen molar-refractivity contribution in [2.75, 3.05) is 38.7 Å². The fourth-order valence-corrected chi connectivity index (χ4v) is 3.21. The highest BCUT2D eigenvalue weighted by molar-refractivity contribution is 5.89. The molecule has 160 valence electrons. The predicted molar refractivity (Wildman–Crippen MR) is 111 cm³/mol. The third-order valence-electron chi connectivity index (χ3n) is 5.01. The Morgan fingerprint density at radius 3 is 2.30 bits per heavy atom. The highest BCUT2D eigenvalue weighted by Gasteiger charge is 2.23. The number of carbonyl (C=O) groups excluding carboxylic acids is 2. The Morgan fingerprint density at radius 2 is 1.67 bits per heavy atom. The molecule has 2 aromatic rings. The van der Waals surface area contributed by atoms with Gasteiger partial charge in [0.1, 0.15) is 17.3 Å². The lowest BCUT2D eigenvalue weighted by Crippen LogP contribution is -2.43. The van der Waals surface area contributed by atoms with Gasteiger partial charge in [-0.05, 0) is 67.3 Å². The van der Waals surface area contributed by atoms with Crippen LogP contribution in [0, 0.1) is 11.7 Å². The van der Waals surface area contributed by atoms with Gasteiger partial charge < -0.3 is 25.0 Å². The molecule has 0 aromatic heterocycles. The molecule has 8 heteroatoms. The van der Waals surface area contributed by atoms with Gasteiger partial charge in [-0.15, -0.1) is 0 Å². The molecular formula is C22H26FN3O4. The number of nitrogens with zero attached hydrogens (tertiary/aromatic N) is 1. The second kappa shape index (κ2) is 10.5. The Hall–Kier alpha value is -3.29. The molecule has 1 aliphatic heterocycles. The van der Waals surface area contributed by atoms with Gasteiger partial charge in [0.05, 0.1) is 7.11 Å². The molecule has 1 saturated heterocycles. The van der Waals surface area contributed by atoms with Gasteiger partial charge in [0.25, 0.3) is 5.91 Å². The number of rotatable bonds is 7. The molecule has 30 heavy (non-hydrogen) atoms. The number of nitrogens with one attached hydrogen (secondary N) is 2. The second-order valence-electron chi connectivity index (χ2n) is 7.14. The summed E-state index contributed by atoms with van der Waals surface area (Å²) in [6, 6.07) is 12.5. The van der Waals surface area contributed by atoms with Crippen LogP contribution < -0.4 is 20.1 Å². The Bertz CT molecular complexity index is 834. The third-order valence-corrected chi connectivity index (χ3v) is 5.01. The summed E-state index contributed by atoms with van der Waals surface area (Å²) in [6.45, 7) is 1.72. The molecule has 0 spiro atoms. The molecule has 3 amide bonds. The van der Waals surface area contributed by atoms with Crippen molar-refractivity contribution in [3.63, 3.8) is 0 Å². The molecule has 0 aliphatic carbocycles. The maximum Gasteiger partial charge on any atom is 0.321 e. The number of methoxy groups -OCH3 is 1. The molecule has 2 N–H and O–H groups in total. The molecule has 2 aromatic carbocycles. The zero-order valence-corrected chi connectivity index (χ0v) is 16.9. The lowest BCUT2D eigenvalue weighted by atomic mass is 9.97. The van der Waals surface area contributed by atoms with E-state index in [1.54, 1.807) is 36.3 Å². The van der Waals surface area contributed by atoms with Crippen molar-refractivity contribution in [3.8, 4) is 11.5 Å². The van der Waals surface area contributed by atoms with Crippen molar-refractivity contribution in [1.82, 2.24) is 10.2 Å². The summed E-state index contributed by atoms with van der Waals surface area (Å²) < 4.78 is 23.5. The Kier molecular flexibility index (Phi) is 7.48. The highest BCUT2D eigenvalue weighted by Crippen LogP contribution is 2.19. The van der Waals surface area contributed by atoms with Crippen LogP contribution in [0.5, 0.6) is 11.5 Å². The lowest BCUT2D eigenvalue weighted by molar-refractivity contribution is -0.123. The topological polar surface area (TPSA) is 79.9 Å². The van der Waals surface area contributed by atoms with Crippen LogP contribution in [0.25, 0.3) is 0 Å². The maximum atomic E-state index is 12.9. The molecule has 0 atom stereocenters. The number of anilines is 1. The van der Waals surface area contributed by atoms with Crippen molar-refractivity contribution >= 4 is 17.6 Å². The second-order valence-corrected chi connectivity index (χ2v) is 7.14. The third kappa shape index (κ3) is 6.37. The number of benzene rings is 2. The molecule has 0 saturated carbocycles. The first-order chi connectivity index (χ1) is 14.5. The van der Waals surface area contributed by atoms with E-state index in [1.807, 2.05) is 0 Å². The highest BCUT2D eigenvalue weighted by atomic mass is 19.1. The smallest absolute Gasteiger partial charge is 0.321 e. The van der Waals surface area contributed by atoms with Crippen LogP contribution >= 0.6 is 0 Å². The molecular weight excluding hydrogens is 389 g/mol. The van der Waals surface area contributed by atoms with E-state index in [9.17, 15) is 14.0 Å². The van der Waals surface area contributed by atoms with E-state index in [1.165, 1.54) is 24.3 Å². The normalized spacial score (nSPS) is 14.1. The fourth-order valence-electron chi connectivity index (χ4n) is 3.21. The SMILES string of the molecule is COc1ccc(OCC(=O)NCC2CCN(C(=O)Nc3ccc(F)cc3)CC2)cc1. The number of carbonyl (C=O) groups is 2. The number of halogens is 1. The molecule has 0 radical (unpaired) electrons. The Balaban J connectivity index is 1.33. The van der Waals surface area contributed by atoms with Gasteiger partial charge in [0, 0.05) is 25.3 Å². The Labute approximate surface area is 175 Å². The van der Waals surface area contributed by atoms with Crippen molar-refractivity contribution in [1.29, 1.82) is 0 Å². The van der Waals surface area contributed by atoms with Gasteiger partial charge in [-0.3, -0.25) is 4.79 Å². The quantitative estimate of drug-likeness (QED) is 0.727. The van der Waals surface area contributed by atoms with Crippen molar-refractivity contribution in [3.05, 3.63) is 54.3 Å². The predicted octanol–water partition coefficient (Wildman–Crippen LogP) is 3.27. The van der Waals surface area contributed by atoms with Crippen LogP contribution in [0.1, 0.15) is 12.8 Å². The summed E-state index contributed by atoms with van der Waals surface area (Å²) in [5.41, 5.74) is 0.563. The van der Waals surface area contributed by atoms with E-state index in [2.05, 4.69) is 10.6 Å². The van der Waals surface area contributed by atoms with Crippen molar-refractivity contribution < 1.29 is 23.5 Å². The van der Waals surface area contributed by atoms with Crippen LogP contribution in [-0.2, 0) is 4.79 Å². The summed E-state index contributed by atoms with van der Waals surface area (Å²) in [7, 11) is 1.59. The van der Waals surface area contributed by atoms with Crippen LogP contribution in [-0.4, -0.2) is 50.2 Å². The van der Waals surface area contributed by atoms with Crippen molar-refractivity contribution in [2.24, 2.45) is 5.92 Å². The minimum atomic E-state index is -0.342. The van der Waals surface area contributed by atoms with E-state index >= 15 is 0 Å². The zero-order chi connectivity index (χ0) is 21.3. The van der Waals surface area contributed by atoms with Crippen LogP contribution in [0.2, 0.25) is 0 Å². The molecule has 7 nitrogen and oxygen atoms in total. The minimum Gasteiger partial charge on any atom is -0.497 e. The Morgan fingerprint density at radius 1 is 1.03 bits per heavy atom. The van der Waals surface area contributed by atoms with Crippen LogP contribution in [0.3, 0.4) is 0 Å². The summed E-state index contributed by atoms with van der Waals surface area (Å²) in [5.74, 6) is 1.12. The number of amides is 3. The number of likely N-dealkylation sites (tertiary alicyclic amines) is 1. The van der Waals surface area contributed by atoms with Gasteiger partial charge in [-0.2, -0.15) is 0 Å². The first kappa shape index (κ1) is 21.4. The average molecular weight is 415 g/mol. The minimum absolute atomic E-state index is 0.0503. The van der Waals surface area contributed by atoms with Gasteiger partial charge >= 0.3 is 6.03 Å². The van der Waals surface area contributed by atoms with Crippen LogP contribution in [0.4, 0.5) is 14.9 Å². The standard InChI is InChI=1S/C22H26FN3O4/c1-29-19-6-8-20(9-7-19)30-15-21(27)24-14-16-10-12-26(13-11-16)22(28)25-18-4-2-17(23)3-5-18/h2-9,16H,10-15H2,1H3,(H,24,27)(H,25,28). The van der Waals surface area contributed by atoms with E-state index < -0.39 is 0 Å². The van der Waals surface area contributed by atoms with Gasteiger partial charge in [-0.1, -0.05) is 0 Å². The first-order valence-corrected chi connectivity index (χ1v) is 9.88. The lowest BCUT2D eigenvalue weighted by Gasteiger charge is -2.32. The van der Waals surface area contributed by atoms with Gasteiger partial charge in [-0.25, -0.2) is 9.18 Å². The monoisotopic (exact) mass is 415 g/mol. The number of piperidine rings is 1. The van der Waals surface area contributed by atoms with E-state index in [0.717, 1.165) is 18.6 Å². The number of hydrogen-bond acceptors (Lipinski definition) is 4. The van der Waals surface area contributed by atoms with E-state index in [0.29, 0.717) is 37.0 Å². The maximum absolute atomic E-state index is 12.9. The fraction of sp³-hybridized carbons (Fsp3) is 0.364. The summed E-state index contributed by atoms with van der Waals surface area (Å²) in [6.07, 6.45) is 1.60. The van der Waals surface area contributed by atoms with Gasteiger partial charge in [0.15, 0.2) is 6.61 Å². The van der Waals surface area contributed by atoms with E-state index in [4.69, 9.17) is 9.47 Å². The molecule has 3 rings (SSSR count). The largest absolute Gasteiger partial charge is 0.497 e.